The molecule has 0 amide bonds. The molecule has 0 radical (unpaired) electrons. The number of nitrogens with zero attached hydrogens (tertiary/aromatic N) is 2. The lowest BCUT2D eigenvalue weighted by atomic mass is 9.43. The van der Waals surface area contributed by atoms with E-state index in [1.807, 2.05) is 0 Å². The van der Waals surface area contributed by atoms with Crippen molar-refractivity contribution >= 4 is 72.9 Å². The lowest BCUT2D eigenvalue weighted by Gasteiger charge is -2.44. The fourth-order valence-electron chi connectivity index (χ4n) is 13.0. The highest BCUT2D eigenvalue weighted by Crippen LogP contribution is 2.60. The van der Waals surface area contributed by atoms with Crippen molar-refractivity contribution in [1.82, 2.24) is 4.57 Å². The summed E-state index contributed by atoms with van der Waals surface area (Å²) < 4.78 is 9.56. The zero-order chi connectivity index (χ0) is 45.1. The fraction of sp³-hybridized carbons (Fsp3) is 0.311. The average molecular weight is 847 g/mol. The first-order valence-electron chi connectivity index (χ1n) is 24.1. The van der Waals surface area contributed by atoms with Crippen LogP contribution in [0, 0.1) is 0 Å². The minimum atomic E-state index is -0.273. The second kappa shape index (κ2) is 12.3. The van der Waals surface area contributed by atoms with Crippen LogP contribution in [-0.4, -0.2) is 11.4 Å². The Morgan fingerprint density at radius 2 is 1.22 bits per heavy atom. The molecule has 0 bridgehead atoms. The van der Waals surface area contributed by atoms with E-state index in [2.05, 4.69) is 208 Å². The molecule has 65 heavy (non-hydrogen) atoms. The maximum absolute atomic E-state index is 6.84. The topological polar surface area (TPSA) is 21.3 Å². The van der Waals surface area contributed by atoms with Gasteiger partial charge in [-0.25, -0.2) is 0 Å². The molecule has 0 saturated heterocycles. The summed E-state index contributed by atoms with van der Waals surface area (Å²) in [5, 5.41) is 5.09. The van der Waals surface area contributed by atoms with E-state index in [4.69, 9.17) is 4.42 Å². The first kappa shape index (κ1) is 39.4. The van der Waals surface area contributed by atoms with Crippen molar-refractivity contribution in [2.45, 2.75) is 123 Å². The monoisotopic (exact) mass is 846 g/mol. The summed E-state index contributed by atoms with van der Waals surface area (Å²) in [5.41, 5.74) is 24.8. The molecule has 13 rings (SSSR count). The summed E-state index contributed by atoms with van der Waals surface area (Å²) in [6.07, 6.45) is 2.35. The van der Waals surface area contributed by atoms with Crippen LogP contribution in [0.5, 0.6) is 0 Å². The van der Waals surface area contributed by atoms with Crippen LogP contribution in [0.25, 0.3) is 71.7 Å². The number of benzene rings is 7. The molecule has 2 aliphatic carbocycles. The van der Waals surface area contributed by atoms with Crippen molar-refractivity contribution in [3.63, 3.8) is 0 Å². The molecule has 9 aromatic rings. The highest BCUT2D eigenvalue weighted by molar-refractivity contribution is 6.94. The summed E-state index contributed by atoms with van der Waals surface area (Å²) >= 11 is 0. The van der Waals surface area contributed by atoms with Gasteiger partial charge < -0.3 is 13.8 Å². The van der Waals surface area contributed by atoms with Gasteiger partial charge in [0.1, 0.15) is 11.2 Å². The van der Waals surface area contributed by atoms with Gasteiger partial charge in [-0.3, -0.25) is 0 Å². The van der Waals surface area contributed by atoms with Crippen molar-refractivity contribution in [3.8, 4) is 27.9 Å². The number of para-hydroxylation sites is 1. The second-order valence-corrected chi connectivity index (χ2v) is 24.0. The standard InChI is InChI=1S/C61H59BN2O/c1-57(2,3)34-21-24-36(25-22-34)64-48-31-39-37-17-14-16-20-49(37)65-50(39)32-41(48)53-54-51(38-18-13-15-19-42(38)61(54,11)12)52-40-30-43-44(60(9,10)28-27-59(43,7)8)33-47(40)63-46-26-23-35(58(4,5)6)29-45(46)62(64)55(53)56(52)63/h13-26,29-33H,27-28H2,1-12H3. The molecule has 2 aromatic heterocycles. The van der Waals surface area contributed by atoms with Gasteiger partial charge in [0.15, 0.2) is 0 Å². The van der Waals surface area contributed by atoms with Crippen LogP contribution in [0.2, 0.25) is 0 Å². The van der Waals surface area contributed by atoms with Crippen LogP contribution < -0.4 is 15.7 Å². The Hall–Kier alpha value is -6.00. The molecule has 0 atom stereocenters. The second-order valence-electron chi connectivity index (χ2n) is 24.0. The van der Waals surface area contributed by atoms with E-state index in [1.54, 1.807) is 0 Å². The highest BCUT2D eigenvalue weighted by atomic mass is 16.3. The summed E-state index contributed by atoms with van der Waals surface area (Å²) in [5.74, 6) is 0. The van der Waals surface area contributed by atoms with Crippen LogP contribution >= 0.6 is 0 Å². The van der Waals surface area contributed by atoms with E-state index in [0.29, 0.717) is 0 Å². The average Bonchev–Trinajstić information content (AvgIpc) is 3.88. The van der Waals surface area contributed by atoms with Crippen LogP contribution in [-0.2, 0) is 27.1 Å². The number of aromatic nitrogens is 1. The molecule has 0 saturated carbocycles. The summed E-state index contributed by atoms with van der Waals surface area (Å²) in [6.45, 7) is 28.8. The van der Waals surface area contributed by atoms with E-state index in [-0.39, 0.29) is 33.9 Å². The van der Waals surface area contributed by atoms with Gasteiger partial charge in [-0.15, -0.1) is 0 Å². The molecule has 0 spiro atoms. The van der Waals surface area contributed by atoms with Crippen molar-refractivity contribution < 1.29 is 4.42 Å². The van der Waals surface area contributed by atoms with E-state index in [0.717, 1.165) is 21.9 Å². The third-order valence-corrected chi connectivity index (χ3v) is 16.7. The molecule has 0 fully saturated rings. The zero-order valence-corrected chi connectivity index (χ0v) is 40.3. The number of hydrogen-bond donors (Lipinski definition) is 0. The quantitative estimate of drug-likeness (QED) is 0.154. The van der Waals surface area contributed by atoms with Gasteiger partial charge in [-0.2, -0.15) is 0 Å². The Balaban J connectivity index is 1.29. The van der Waals surface area contributed by atoms with Crippen LogP contribution in [0.4, 0.5) is 11.4 Å². The predicted molar refractivity (Wildman–Crippen MR) is 277 cm³/mol. The van der Waals surface area contributed by atoms with Gasteiger partial charge >= 0.3 is 6.85 Å². The smallest absolute Gasteiger partial charge is 0.333 e. The maximum Gasteiger partial charge on any atom is 0.333 e. The van der Waals surface area contributed by atoms with Crippen molar-refractivity contribution in [2.75, 3.05) is 4.81 Å². The molecule has 2 aliphatic heterocycles. The number of fused-ring (bicyclic) bond motifs is 17. The van der Waals surface area contributed by atoms with Gasteiger partial charge in [0.25, 0.3) is 0 Å². The van der Waals surface area contributed by atoms with E-state index in [9.17, 15) is 0 Å². The fourth-order valence-corrected chi connectivity index (χ4v) is 13.0. The number of rotatable bonds is 1. The van der Waals surface area contributed by atoms with Gasteiger partial charge in [0.05, 0.1) is 11.0 Å². The van der Waals surface area contributed by atoms with Gasteiger partial charge in [0, 0.05) is 49.6 Å². The third-order valence-electron chi connectivity index (χ3n) is 16.7. The lowest BCUT2D eigenvalue weighted by Crippen LogP contribution is -2.61. The summed E-state index contributed by atoms with van der Waals surface area (Å²) in [4.78, 5) is 2.72. The minimum Gasteiger partial charge on any atom is -0.456 e. The first-order chi connectivity index (χ1) is 30.8. The Morgan fingerprint density at radius 1 is 0.554 bits per heavy atom. The molecule has 3 nitrogen and oxygen atoms in total. The lowest BCUT2D eigenvalue weighted by molar-refractivity contribution is 0.332. The predicted octanol–water partition coefficient (Wildman–Crippen LogP) is 15.2. The first-order valence-corrected chi connectivity index (χ1v) is 24.1. The number of hydrogen-bond acceptors (Lipinski definition) is 2. The normalized spacial score (nSPS) is 17.4. The van der Waals surface area contributed by atoms with E-state index in [1.165, 1.54) is 118 Å². The van der Waals surface area contributed by atoms with Crippen LogP contribution in [0.1, 0.15) is 129 Å². The Labute approximate surface area is 384 Å². The van der Waals surface area contributed by atoms with Gasteiger partial charge in [-0.1, -0.05) is 150 Å². The molecule has 4 heteroatoms. The molecule has 0 N–H and O–H groups in total. The third kappa shape index (κ3) is 5.04. The highest BCUT2D eigenvalue weighted by Gasteiger charge is 2.51. The minimum absolute atomic E-state index is 0.0302. The van der Waals surface area contributed by atoms with Gasteiger partial charge in [0.2, 0.25) is 0 Å². The summed E-state index contributed by atoms with van der Waals surface area (Å²) in [7, 11) is 0. The van der Waals surface area contributed by atoms with Crippen molar-refractivity contribution in [1.29, 1.82) is 0 Å². The largest absolute Gasteiger partial charge is 0.456 e. The SMILES string of the molecule is CC(C)(C)c1ccc(N2B3c4cc(C(C)(C)C)ccc4-n4c5cc6c(cc5c5c7c(c(c3c54)-c3cc4oc5ccccc5c4cc32)C(C)(C)c2ccccc2-7)C(C)(C)CCC6(C)C)cc1. The molecule has 4 heterocycles. The van der Waals surface area contributed by atoms with Gasteiger partial charge in [-0.05, 0) is 144 Å². The molecule has 4 aliphatic rings. The molecule has 7 aromatic carbocycles. The molecular weight excluding hydrogens is 787 g/mol. The van der Waals surface area contributed by atoms with E-state index >= 15 is 0 Å². The van der Waals surface area contributed by atoms with Crippen LogP contribution in [0.15, 0.2) is 120 Å². The molecule has 322 valence electrons. The number of furan rings is 1. The Bertz CT molecular complexity index is 3600. The van der Waals surface area contributed by atoms with Crippen molar-refractivity contribution in [3.05, 3.63) is 149 Å². The van der Waals surface area contributed by atoms with E-state index < -0.39 is 0 Å². The summed E-state index contributed by atoms with van der Waals surface area (Å²) in [6, 6.07) is 45.1. The Kier molecular flexibility index (Phi) is 7.43. The van der Waals surface area contributed by atoms with Crippen LogP contribution in [0.3, 0.4) is 0 Å². The zero-order valence-electron chi connectivity index (χ0n) is 40.3. The number of anilines is 2. The van der Waals surface area contributed by atoms with Crippen molar-refractivity contribution in [2.24, 2.45) is 0 Å². The molecule has 0 unspecified atom stereocenters. The molecular formula is C61H59BN2O. The maximum atomic E-state index is 6.84. The Morgan fingerprint density at radius 3 is 1.94 bits per heavy atom.